The number of carbonyl (C=O) groups is 2. The smallest absolute Gasteiger partial charge is 0.306 e. The lowest BCUT2D eigenvalue weighted by atomic mass is 9.79. The van der Waals surface area contributed by atoms with Gasteiger partial charge in [0.25, 0.3) is 5.91 Å². The van der Waals surface area contributed by atoms with Gasteiger partial charge < -0.3 is 10.4 Å². The average molecular weight is 340 g/mol. The largest absolute Gasteiger partial charge is 0.481 e. The number of rotatable bonds is 4. The fraction of sp³-hybridized carbons (Fsp3) is 0.467. The van der Waals surface area contributed by atoms with Gasteiger partial charge in [-0.25, -0.2) is 0 Å². The van der Waals surface area contributed by atoms with Crippen molar-refractivity contribution < 1.29 is 14.7 Å². The number of carbonyl (C=O) groups excluding carboxylic acids is 1. The third-order valence-corrected chi connectivity index (χ3v) is 4.33. The van der Waals surface area contributed by atoms with Gasteiger partial charge in [0, 0.05) is 16.6 Å². The second-order valence-electron chi connectivity index (χ2n) is 5.21. The first-order valence-corrected chi connectivity index (χ1v) is 7.64. The minimum Gasteiger partial charge on any atom is -0.481 e. The van der Waals surface area contributed by atoms with E-state index in [1.54, 1.807) is 18.2 Å². The molecular weight excluding hydrogens is 322 g/mol. The Kier molecular flexibility index (Phi) is 5.17. The minimum atomic E-state index is -0.744. The van der Waals surface area contributed by atoms with E-state index >= 15 is 0 Å². The van der Waals surface area contributed by atoms with Crippen molar-refractivity contribution in [2.45, 2.75) is 25.7 Å². The van der Waals surface area contributed by atoms with Crippen LogP contribution in [0.4, 0.5) is 0 Å². The van der Waals surface area contributed by atoms with Crippen LogP contribution in [-0.2, 0) is 4.79 Å². The van der Waals surface area contributed by atoms with E-state index in [1.165, 1.54) is 0 Å². The van der Waals surface area contributed by atoms with Crippen LogP contribution in [0.2, 0.25) is 0 Å². The van der Waals surface area contributed by atoms with Crippen LogP contribution in [-0.4, -0.2) is 23.5 Å². The first-order valence-electron chi connectivity index (χ1n) is 6.84. The summed E-state index contributed by atoms with van der Waals surface area (Å²) in [7, 11) is 0. The maximum atomic E-state index is 12.0. The van der Waals surface area contributed by atoms with Crippen molar-refractivity contribution in [3.8, 4) is 0 Å². The molecule has 108 valence electrons. The van der Waals surface area contributed by atoms with Gasteiger partial charge in [-0.3, -0.25) is 9.59 Å². The zero-order chi connectivity index (χ0) is 14.5. The SMILES string of the molecule is O=C(NC[C@@H]1CCCC[C@@H]1C(=O)O)c1cccc(Br)c1. The summed E-state index contributed by atoms with van der Waals surface area (Å²) in [6, 6.07) is 7.17. The van der Waals surface area contributed by atoms with Crippen LogP contribution in [0, 0.1) is 11.8 Å². The Bertz CT molecular complexity index is 504. The molecule has 2 rings (SSSR count). The summed E-state index contributed by atoms with van der Waals surface area (Å²) < 4.78 is 0.853. The zero-order valence-corrected chi connectivity index (χ0v) is 12.7. The molecule has 0 heterocycles. The van der Waals surface area contributed by atoms with E-state index in [2.05, 4.69) is 21.2 Å². The Hall–Kier alpha value is -1.36. The molecule has 1 aromatic carbocycles. The fourth-order valence-corrected chi connectivity index (χ4v) is 3.13. The van der Waals surface area contributed by atoms with E-state index in [-0.39, 0.29) is 17.7 Å². The molecule has 0 unspecified atom stereocenters. The van der Waals surface area contributed by atoms with Crippen molar-refractivity contribution >= 4 is 27.8 Å². The van der Waals surface area contributed by atoms with Crippen LogP contribution in [0.1, 0.15) is 36.0 Å². The number of aliphatic carboxylic acids is 1. The molecule has 1 fully saturated rings. The zero-order valence-electron chi connectivity index (χ0n) is 11.1. The molecule has 1 amide bonds. The van der Waals surface area contributed by atoms with E-state index < -0.39 is 5.97 Å². The predicted octanol–water partition coefficient (Wildman–Crippen LogP) is 3.07. The molecule has 2 atom stereocenters. The van der Waals surface area contributed by atoms with E-state index in [9.17, 15) is 14.7 Å². The van der Waals surface area contributed by atoms with Crippen LogP contribution >= 0.6 is 15.9 Å². The Balaban J connectivity index is 1.93. The van der Waals surface area contributed by atoms with Crippen LogP contribution in [0.25, 0.3) is 0 Å². The lowest BCUT2D eigenvalue weighted by Gasteiger charge is -2.28. The van der Waals surface area contributed by atoms with Gasteiger partial charge in [0.15, 0.2) is 0 Å². The van der Waals surface area contributed by atoms with E-state index in [1.807, 2.05) is 6.07 Å². The molecular formula is C15H18BrNO3. The molecule has 1 aliphatic carbocycles. The van der Waals surface area contributed by atoms with E-state index in [0.29, 0.717) is 18.5 Å². The molecule has 20 heavy (non-hydrogen) atoms. The lowest BCUT2D eigenvalue weighted by Crippen LogP contribution is -2.37. The highest BCUT2D eigenvalue weighted by Crippen LogP contribution is 2.29. The van der Waals surface area contributed by atoms with Crippen LogP contribution in [0.3, 0.4) is 0 Å². The summed E-state index contributed by atoms with van der Waals surface area (Å²) >= 11 is 3.33. The van der Waals surface area contributed by atoms with Gasteiger partial charge >= 0.3 is 5.97 Å². The number of carboxylic acids is 1. The molecule has 0 aliphatic heterocycles. The topological polar surface area (TPSA) is 66.4 Å². The third-order valence-electron chi connectivity index (χ3n) is 3.84. The van der Waals surface area contributed by atoms with Crippen molar-refractivity contribution in [3.63, 3.8) is 0 Å². The maximum Gasteiger partial charge on any atom is 0.306 e. The fourth-order valence-electron chi connectivity index (χ4n) is 2.73. The maximum absolute atomic E-state index is 12.0. The third kappa shape index (κ3) is 3.82. The molecule has 5 heteroatoms. The number of amides is 1. The lowest BCUT2D eigenvalue weighted by molar-refractivity contribution is -0.144. The summed E-state index contributed by atoms with van der Waals surface area (Å²) in [6.07, 6.45) is 3.59. The molecule has 0 bridgehead atoms. The molecule has 0 aromatic heterocycles. The van der Waals surface area contributed by atoms with Crippen molar-refractivity contribution in [1.82, 2.24) is 5.32 Å². The van der Waals surface area contributed by atoms with Crippen molar-refractivity contribution in [2.24, 2.45) is 11.8 Å². The van der Waals surface area contributed by atoms with Crippen molar-refractivity contribution in [2.75, 3.05) is 6.54 Å². The van der Waals surface area contributed by atoms with E-state index in [0.717, 1.165) is 23.7 Å². The standard InChI is InChI=1S/C15H18BrNO3/c16-12-6-3-5-10(8-12)14(18)17-9-11-4-1-2-7-13(11)15(19)20/h3,5-6,8,11,13H,1-2,4,7,9H2,(H,17,18)(H,19,20)/t11-,13-/m0/s1. The number of carboxylic acid groups (broad SMARTS) is 1. The molecule has 2 N–H and O–H groups in total. The van der Waals surface area contributed by atoms with Crippen molar-refractivity contribution in [3.05, 3.63) is 34.3 Å². The Labute approximate surface area is 126 Å². The highest BCUT2D eigenvalue weighted by atomic mass is 79.9. The van der Waals surface area contributed by atoms with E-state index in [4.69, 9.17) is 0 Å². The minimum absolute atomic E-state index is 0.0392. The van der Waals surface area contributed by atoms with Gasteiger partial charge in [0.1, 0.15) is 0 Å². The number of benzene rings is 1. The van der Waals surface area contributed by atoms with Gasteiger partial charge in [-0.1, -0.05) is 34.8 Å². The molecule has 1 aliphatic rings. The molecule has 4 nitrogen and oxygen atoms in total. The average Bonchev–Trinajstić information content (AvgIpc) is 2.45. The predicted molar refractivity (Wildman–Crippen MR) is 79.6 cm³/mol. The highest BCUT2D eigenvalue weighted by Gasteiger charge is 2.30. The molecule has 0 radical (unpaired) electrons. The van der Waals surface area contributed by atoms with Crippen LogP contribution in [0.15, 0.2) is 28.7 Å². The second-order valence-corrected chi connectivity index (χ2v) is 6.13. The van der Waals surface area contributed by atoms with Crippen LogP contribution < -0.4 is 5.32 Å². The molecule has 1 aromatic rings. The highest BCUT2D eigenvalue weighted by molar-refractivity contribution is 9.10. The summed E-state index contributed by atoms with van der Waals surface area (Å²) in [5.41, 5.74) is 0.585. The number of hydrogen-bond donors (Lipinski definition) is 2. The molecule has 0 saturated heterocycles. The van der Waals surface area contributed by atoms with Gasteiger partial charge in [0.2, 0.25) is 0 Å². The van der Waals surface area contributed by atoms with Gasteiger partial charge in [0.05, 0.1) is 5.92 Å². The first-order chi connectivity index (χ1) is 9.58. The van der Waals surface area contributed by atoms with Crippen molar-refractivity contribution in [1.29, 1.82) is 0 Å². The second kappa shape index (κ2) is 6.88. The number of hydrogen-bond acceptors (Lipinski definition) is 2. The Morgan fingerprint density at radius 1 is 1.30 bits per heavy atom. The molecule has 1 saturated carbocycles. The van der Waals surface area contributed by atoms with Gasteiger partial charge in [-0.2, -0.15) is 0 Å². The van der Waals surface area contributed by atoms with Gasteiger partial charge in [-0.05, 0) is 37.0 Å². The monoisotopic (exact) mass is 339 g/mol. The summed E-state index contributed by atoms with van der Waals surface area (Å²) in [6.45, 7) is 0.433. The number of nitrogens with one attached hydrogen (secondary N) is 1. The van der Waals surface area contributed by atoms with Gasteiger partial charge in [-0.15, -0.1) is 0 Å². The summed E-state index contributed by atoms with van der Waals surface area (Å²) in [4.78, 5) is 23.2. The summed E-state index contributed by atoms with van der Waals surface area (Å²) in [5.74, 6) is -1.18. The Morgan fingerprint density at radius 2 is 2.05 bits per heavy atom. The number of halogens is 1. The normalized spacial score (nSPS) is 22.2. The first kappa shape index (κ1) is 15.0. The molecule has 0 spiro atoms. The summed E-state index contributed by atoms with van der Waals surface area (Å²) in [5, 5.41) is 12.1. The van der Waals surface area contributed by atoms with Crippen LogP contribution in [0.5, 0.6) is 0 Å². The Morgan fingerprint density at radius 3 is 2.75 bits per heavy atom. The quantitative estimate of drug-likeness (QED) is 0.885.